The lowest BCUT2D eigenvalue weighted by atomic mass is 10.1. The van der Waals surface area contributed by atoms with Crippen molar-refractivity contribution in [1.82, 2.24) is 15.0 Å². The van der Waals surface area contributed by atoms with Gasteiger partial charge in [0.15, 0.2) is 0 Å². The van der Waals surface area contributed by atoms with Crippen LogP contribution < -0.4 is 0 Å². The monoisotopic (exact) mass is 279 g/mol. The highest BCUT2D eigenvalue weighted by Crippen LogP contribution is 2.22. The zero-order chi connectivity index (χ0) is 14.7. The lowest BCUT2D eigenvalue weighted by Gasteiger charge is -2.08. The standard InChI is InChI=1S/C12H13N3O5/c1-20-6-10-9(5-16)13-14-15(10)7-2-3-11(17)8(4-7)12(18)19/h2-4,16-17H,5-6H2,1H3,(H,18,19). The van der Waals surface area contributed by atoms with Crippen molar-refractivity contribution in [2.75, 3.05) is 7.11 Å². The summed E-state index contributed by atoms with van der Waals surface area (Å²) in [5.41, 5.74) is 1.01. The summed E-state index contributed by atoms with van der Waals surface area (Å²) in [7, 11) is 1.48. The summed E-state index contributed by atoms with van der Waals surface area (Å²) in [6.07, 6.45) is 0. The van der Waals surface area contributed by atoms with Gasteiger partial charge in [0.1, 0.15) is 17.0 Å². The van der Waals surface area contributed by atoms with Gasteiger partial charge in [-0.3, -0.25) is 0 Å². The lowest BCUT2D eigenvalue weighted by Crippen LogP contribution is -2.07. The number of phenols is 1. The summed E-state index contributed by atoms with van der Waals surface area (Å²) in [6, 6.07) is 4.03. The SMILES string of the molecule is COCc1c(CO)nnn1-c1ccc(O)c(C(=O)O)c1. The van der Waals surface area contributed by atoms with E-state index in [1.165, 1.54) is 30.0 Å². The van der Waals surface area contributed by atoms with Crippen molar-refractivity contribution in [1.29, 1.82) is 0 Å². The minimum absolute atomic E-state index is 0.159. The molecule has 106 valence electrons. The van der Waals surface area contributed by atoms with Crippen LogP contribution in [0.5, 0.6) is 5.75 Å². The molecular formula is C12H13N3O5. The second-order valence-corrected chi connectivity index (χ2v) is 3.99. The van der Waals surface area contributed by atoms with E-state index in [9.17, 15) is 15.0 Å². The number of aromatic nitrogens is 3. The van der Waals surface area contributed by atoms with Gasteiger partial charge in [-0.15, -0.1) is 5.10 Å². The molecule has 0 saturated carbocycles. The predicted octanol–water partition coefficient (Wildman–Crippen LogP) is 0.310. The molecule has 2 aromatic rings. The molecule has 0 spiro atoms. The van der Waals surface area contributed by atoms with Crippen LogP contribution in [-0.4, -0.2) is 43.4 Å². The molecule has 0 radical (unpaired) electrons. The number of benzene rings is 1. The Kier molecular flexibility index (Phi) is 3.97. The average molecular weight is 279 g/mol. The van der Waals surface area contributed by atoms with Gasteiger partial charge in [-0.1, -0.05) is 5.21 Å². The van der Waals surface area contributed by atoms with Crippen LogP contribution in [-0.2, 0) is 18.0 Å². The number of methoxy groups -OCH3 is 1. The van der Waals surface area contributed by atoms with Crippen LogP contribution in [0.25, 0.3) is 5.69 Å². The Bertz CT molecular complexity index is 638. The maximum Gasteiger partial charge on any atom is 0.339 e. The first-order valence-corrected chi connectivity index (χ1v) is 5.68. The Morgan fingerprint density at radius 2 is 2.20 bits per heavy atom. The van der Waals surface area contributed by atoms with Gasteiger partial charge in [-0.2, -0.15) is 0 Å². The first-order valence-electron chi connectivity index (χ1n) is 5.68. The summed E-state index contributed by atoms with van der Waals surface area (Å²) < 4.78 is 6.38. The second-order valence-electron chi connectivity index (χ2n) is 3.99. The van der Waals surface area contributed by atoms with Gasteiger partial charge in [0.05, 0.1) is 24.6 Å². The van der Waals surface area contributed by atoms with E-state index in [4.69, 9.17) is 9.84 Å². The highest BCUT2D eigenvalue weighted by Gasteiger charge is 2.16. The number of hydrogen-bond acceptors (Lipinski definition) is 6. The summed E-state index contributed by atoms with van der Waals surface area (Å²) >= 11 is 0. The molecule has 0 fully saturated rings. The minimum Gasteiger partial charge on any atom is -0.507 e. The van der Waals surface area contributed by atoms with Gasteiger partial charge in [0.25, 0.3) is 0 Å². The molecule has 8 heteroatoms. The summed E-state index contributed by atoms with van der Waals surface area (Å²) in [5, 5.41) is 35.3. The van der Waals surface area contributed by atoms with Gasteiger partial charge in [-0.05, 0) is 18.2 Å². The van der Waals surface area contributed by atoms with Crippen LogP contribution in [0.1, 0.15) is 21.7 Å². The highest BCUT2D eigenvalue weighted by atomic mass is 16.5. The molecule has 1 aromatic carbocycles. The van der Waals surface area contributed by atoms with Crippen molar-refractivity contribution in [2.24, 2.45) is 0 Å². The Hall–Kier alpha value is -2.45. The number of aliphatic hydroxyl groups is 1. The predicted molar refractivity (Wildman–Crippen MR) is 66.6 cm³/mol. The van der Waals surface area contributed by atoms with Crippen molar-refractivity contribution < 1.29 is 24.9 Å². The molecule has 0 aliphatic rings. The van der Waals surface area contributed by atoms with Crippen LogP contribution in [0.3, 0.4) is 0 Å². The third-order valence-electron chi connectivity index (χ3n) is 2.73. The first-order chi connectivity index (χ1) is 9.58. The van der Waals surface area contributed by atoms with Crippen LogP contribution >= 0.6 is 0 Å². The Balaban J connectivity index is 2.54. The molecule has 0 aliphatic heterocycles. The number of nitrogens with zero attached hydrogens (tertiary/aromatic N) is 3. The van der Waals surface area contributed by atoms with E-state index in [0.29, 0.717) is 17.1 Å². The van der Waals surface area contributed by atoms with Crippen molar-refractivity contribution >= 4 is 5.97 Å². The number of carboxylic acids is 1. The quantitative estimate of drug-likeness (QED) is 0.720. The zero-order valence-electron chi connectivity index (χ0n) is 10.6. The van der Waals surface area contributed by atoms with E-state index < -0.39 is 5.97 Å². The van der Waals surface area contributed by atoms with Crippen LogP contribution in [0.2, 0.25) is 0 Å². The molecule has 0 saturated heterocycles. The number of aliphatic hydroxyl groups excluding tert-OH is 1. The molecule has 1 aromatic heterocycles. The molecule has 2 rings (SSSR count). The largest absolute Gasteiger partial charge is 0.507 e. The zero-order valence-corrected chi connectivity index (χ0v) is 10.6. The molecule has 3 N–H and O–H groups in total. The van der Waals surface area contributed by atoms with E-state index in [2.05, 4.69) is 10.3 Å². The smallest absolute Gasteiger partial charge is 0.339 e. The van der Waals surface area contributed by atoms with E-state index in [0.717, 1.165) is 0 Å². The molecule has 1 heterocycles. The maximum absolute atomic E-state index is 11.0. The highest BCUT2D eigenvalue weighted by molar-refractivity contribution is 5.91. The van der Waals surface area contributed by atoms with Crippen molar-refractivity contribution in [3.8, 4) is 11.4 Å². The van der Waals surface area contributed by atoms with E-state index in [1.54, 1.807) is 0 Å². The normalized spacial score (nSPS) is 10.7. The van der Waals surface area contributed by atoms with Crippen molar-refractivity contribution in [3.05, 3.63) is 35.2 Å². The van der Waals surface area contributed by atoms with Gasteiger partial charge >= 0.3 is 5.97 Å². The third kappa shape index (κ3) is 2.46. The fraction of sp³-hybridized carbons (Fsp3) is 0.250. The minimum atomic E-state index is -1.25. The number of aromatic carboxylic acids is 1. The molecule has 0 unspecified atom stereocenters. The second kappa shape index (κ2) is 5.68. The molecule has 20 heavy (non-hydrogen) atoms. The number of aromatic hydroxyl groups is 1. The molecule has 0 atom stereocenters. The Morgan fingerprint density at radius 3 is 2.80 bits per heavy atom. The molecule has 0 aliphatic carbocycles. The summed E-state index contributed by atoms with van der Waals surface area (Å²) in [5.74, 6) is -1.59. The van der Waals surface area contributed by atoms with E-state index in [-0.39, 0.29) is 24.5 Å². The molecule has 0 amide bonds. The Morgan fingerprint density at radius 1 is 1.45 bits per heavy atom. The lowest BCUT2D eigenvalue weighted by molar-refractivity contribution is 0.0693. The van der Waals surface area contributed by atoms with E-state index >= 15 is 0 Å². The average Bonchev–Trinajstić information content (AvgIpc) is 2.82. The molecule has 0 bridgehead atoms. The number of carboxylic acid groups (broad SMARTS) is 1. The number of hydrogen-bond donors (Lipinski definition) is 3. The van der Waals surface area contributed by atoms with E-state index in [1.807, 2.05) is 0 Å². The number of ether oxygens (including phenoxy) is 1. The van der Waals surface area contributed by atoms with Crippen molar-refractivity contribution in [2.45, 2.75) is 13.2 Å². The van der Waals surface area contributed by atoms with Gasteiger partial charge in [0.2, 0.25) is 0 Å². The third-order valence-corrected chi connectivity index (χ3v) is 2.73. The van der Waals surface area contributed by atoms with Crippen LogP contribution in [0, 0.1) is 0 Å². The summed E-state index contributed by atoms with van der Waals surface area (Å²) in [6.45, 7) is -0.144. The molecule has 8 nitrogen and oxygen atoms in total. The fourth-order valence-corrected chi connectivity index (χ4v) is 1.77. The topological polar surface area (TPSA) is 118 Å². The number of carbonyl (C=O) groups is 1. The maximum atomic E-state index is 11.0. The number of rotatable bonds is 5. The van der Waals surface area contributed by atoms with Crippen LogP contribution in [0.4, 0.5) is 0 Å². The van der Waals surface area contributed by atoms with Gasteiger partial charge in [-0.25, -0.2) is 9.48 Å². The Labute approximate surface area is 113 Å². The van der Waals surface area contributed by atoms with Gasteiger partial charge < -0.3 is 20.1 Å². The summed E-state index contributed by atoms with van der Waals surface area (Å²) in [4.78, 5) is 11.0. The van der Waals surface area contributed by atoms with Crippen LogP contribution in [0.15, 0.2) is 18.2 Å². The fourth-order valence-electron chi connectivity index (χ4n) is 1.77. The first kappa shape index (κ1) is 14.0. The molecular weight excluding hydrogens is 266 g/mol. The van der Waals surface area contributed by atoms with Gasteiger partial charge in [0, 0.05) is 7.11 Å². The van der Waals surface area contributed by atoms with Crippen molar-refractivity contribution in [3.63, 3.8) is 0 Å².